The number of carbonyl (C=O) groups excluding carboxylic acids is 1. The summed E-state index contributed by atoms with van der Waals surface area (Å²) in [6, 6.07) is 14.6. The molecule has 0 radical (unpaired) electrons. The summed E-state index contributed by atoms with van der Waals surface area (Å²) in [6.07, 6.45) is 0.997. The largest absolute Gasteiger partial charge is 0.341 e. The lowest BCUT2D eigenvalue weighted by Gasteiger charge is -2.17. The first-order valence-corrected chi connectivity index (χ1v) is 9.67. The van der Waals surface area contributed by atoms with Crippen LogP contribution in [0.15, 0.2) is 53.7 Å². The van der Waals surface area contributed by atoms with Crippen LogP contribution in [0.1, 0.15) is 18.1 Å². The fraction of sp³-hybridized carbons (Fsp3) is 0.250. The summed E-state index contributed by atoms with van der Waals surface area (Å²) in [7, 11) is 1.78. The molecular weight excluding hydrogens is 363 g/mol. The van der Waals surface area contributed by atoms with E-state index in [2.05, 4.69) is 34.2 Å². The lowest BCUT2D eigenvalue weighted by molar-refractivity contribution is -0.127. The molecule has 3 rings (SSSR count). The number of hydrogen-bond acceptors (Lipinski definition) is 4. The molecule has 1 aromatic heterocycles. The van der Waals surface area contributed by atoms with E-state index < -0.39 is 0 Å². The van der Waals surface area contributed by atoms with E-state index in [1.54, 1.807) is 30.1 Å². The lowest BCUT2D eigenvalue weighted by Crippen LogP contribution is -2.27. The molecule has 2 aromatic carbocycles. The zero-order valence-corrected chi connectivity index (χ0v) is 16.1. The van der Waals surface area contributed by atoms with Crippen LogP contribution in [-0.4, -0.2) is 38.8 Å². The van der Waals surface area contributed by atoms with Gasteiger partial charge in [-0.1, -0.05) is 55.1 Å². The minimum Gasteiger partial charge on any atom is -0.341 e. The summed E-state index contributed by atoms with van der Waals surface area (Å²) in [5.41, 5.74) is 2.72. The second-order valence-corrected chi connectivity index (χ2v) is 7.10. The highest BCUT2D eigenvalue weighted by Crippen LogP contribution is 2.21. The maximum atomic E-state index is 13.8. The Bertz CT molecular complexity index is 910. The SMILES string of the molecule is CCc1ccc(CN(C)C(=O)CSc2n[nH]c(-c3ccccc3F)n2)cc1. The number of carbonyl (C=O) groups is 1. The van der Waals surface area contributed by atoms with Crippen molar-refractivity contribution in [3.05, 3.63) is 65.5 Å². The smallest absolute Gasteiger partial charge is 0.233 e. The normalized spacial score (nSPS) is 10.8. The highest BCUT2D eigenvalue weighted by Gasteiger charge is 2.14. The van der Waals surface area contributed by atoms with Gasteiger partial charge in [0.1, 0.15) is 5.82 Å². The zero-order valence-electron chi connectivity index (χ0n) is 15.3. The van der Waals surface area contributed by atoms with Crippen molar-refractivity contribution in [1.82, 2.24) is 20.1 Å². The molecule has 0 atom stereocenters. The third-order valence-corrected chi connectivity index (χ3v) is 5.03. The molecule has 140 valence electrons. The molecule has 1 N–H and O–H groups in total. The number of nitrogens with one attached hydrogen (secondary N) is 1. The Morgan fingerprint density at radius 2 is 1.85 bits per heavy atom. The van der Waals surface area contributed by atoms with Gasteiger partial charge in [0.2, 0.25) is 11.1 Å². The standard InChI is InChI=1S/C20H21FN4OS/c1-3-14-8-10-15(11-9-14)12-25(2)18(26)13-27-20-22-19(23-24-20)16-6-4-5-7-17(16)21/h4-11H,3,12-13H2,1-2H3,(H,22,23,24). The fourth-order valence-corrected chi connectivity index (χ4v) is 3.30. The third kappa shape index (κ3) is 4.95. The summed E-state index contributed by atoms with van der Waals surface area (Å²) in [4.78, 5) is 18.3. The van der Waals surface area contributed by atoms with E-state index in [9.17, 15) is 9.18 Å². The van der Waals surface area contributed by atoms with Gasteiger partial charge in [0, 0.05) is 13.6 Å². The summed E-state index contributed by atoms with van der Waals surface area (Å²) < 4.78 is 13.8. The monoisotopic (exact) mass is 384 g/mol. The van der Waals surface area contributed by atoms with Gasteiger partial charge in [-0.3, -0.25) is 9.89 Å². The molecule has 5 nitrogen and oxygen atoms in total. The number of halogens is 1. The van der Waals surface area contributed by atoms with E-state index in [1.807, 2.05) is 12.1 Å². The van der Waals surface area contributed by atoms with Gasteiger partial charge in [-0.25, -0.2) is 9.37 Å². The van der Waals surface area contributed by atoms with Gasteiger partial charge in [-0.15, -0.1) is 5.10 Å². The number of rotatable bonds is 7. The van der Waals surface area contributed by atoms with Gasteiger partial charge in [-0.05, 0) is 29.7 Å². The van der Waals surface area contributed by atoms with Gasteiger partial charge in [0.25, 0.3) is 0 Å². The predicted molar refractivity (Wildman–Crippen MR) is 105 cm³/mol. The molecule has 0 spiro atoms. The maximum absolute atomic E-state index is 13.8. The van der Waals surface area contributed by atoms with Crippen molar-refractivity contribution >= 4 is 17.7 Å². The molecule has 0 bridgehead atoms. The van der Waals surface area contributed by atoms with Crippen LogP contribution in [0.2, 0.25) is 0 Å². The molecule has 0 aliphatic heterocycles. The Morgan fingerprint density at radius 1 is 1.15 bits per heavy atom. The number of nitrogens with zero attached hydrogens (tertiary/aromatic N) is 3. The van der Waals surface area contributed by atoms with Crippen LogP contribution in [0.5, 0.6) is 0 Å². The molecular formula is C20H21FN4OS. The molecule has 0 unspecified atom stereocenters. The third-order valence-electron chi connectivity index (χ3n) is 4.20. The van der Waals surface area contributed by atoms with Crippen molar-refractivity contribution in [2.45, 2.75) is 25.0 Å². The quantitative estimate of drug-likeness (QED) is 0.627. The van der Waals surface area contributed by atoms with E-state index in [-0.39, 0.29) is 17.5 Å². The Morgan fingerprint density at radius 3 is 2.56 bits per heavy atom. The van der Waals surface area contributed by atoms with E-state index in [1.165, 1.54) is 23.4 Å². The Labute approximate surface area is 162 Å². The van der Waals surface area contributed by atoms with Crippen molar-refractivity contribution in [2.24, 2.45) is 0 Å². The summed E-state index contributed by atoms with van der Waals surface area (Å²) >= 11 is 1.23. The first kappa shape index (κ1) is 19.1. The fourth-order valence-electron chi connectivity index (χ4n) is 2.56. The first-order valence-electron chi connectivity index (χ1n) is 8.68. The summed E-state index contributed by atoms with van der Waals surface area (Å²) in [5.74, 6) is 0.192. The number of benzene rings is 2. The molecule has 27 heavy (non-hydrogen) atoms. The van der Waals surface area contributed by atoms with Crippen LogP contribution < -0.4 is 0 Å². The minimum atomic E-state index is -0.366. The van der Waals surface area contributed by atoms with Gasteiger partial charge in [0.05, 0.1) is 11.3 Å². The van der Waals surface area contributed by atoms with Crippen LogP contribution >= 0.6 is 11.8 Å². The molecule has 0 aliphatic carbocycles. The highest BCUT2D eigenvalue weighted by atomic mass is 32.2. The van der Waals surface area contributed by atoms with Crippen LogP contribution in [0.3, 0.4) is 0 Å². The molecule has 0 saturated heterocycles. The molecule has 1 heterocycles. The Hall–Kier alpha value is -2.67. The number of amides is 1. The second-order valence-electron chi connectivity index (χ2n) is 6.15. The number of aryl methyl sites for hydroxylation is 1. The average Bonchev–Trinajstić information content (AvgIpc) is 3.15. The lowest BCUT2D eigenvalue weighted by atomic mass is 10.1. The first-order chi connectivity index (χ1) is 13.1. The van der Waals surface area contributed by atoms with Crippen LogP contribution in [-0.2, 0) is 17.8 Å². The topological polar surface area (TPSA) is 61.9 Å². The number of aromatic nitrogens is 3. The van der Waals surface area contributed by atoms with Crippen molar-refractivity contribution < 1.29 is 9.18 Å². The van der Waals surface area contributed by atoms with Gasteiger partial charge < -0.3 is 4.90 Å². The summed E-state index contributed by atoms with van der Waals surface area (Å²) in [5, 5.41) is 7.20. The molecule has 0 saturated carbocycles. The van der Waals surface area contributed by atoms with Crippen LogP contribution in [0.25, 0.3) is 11.4 Å². The molecule has 0 fully saturated rings. The van der Waals surface area contributed by atoms with Crippen LogP contribution in [0.4, 0.5) is 4.39 Å². The molecule has 7 heteroatoms. The molecule has 3 aromatic rings. The predicted octanol–water partition coefficient (Wildman–Crippen LogP) is 3.92. The number of aromatic amines is 1. The van der Waals surface area contributed by atoms with Crippen molar-refractivity contribution in [1.29, 1.82) is 0 Å². The van der Waals surface area contributed by atoms with E-state index in [4.69, 9.17) is 0 Å². The average molecular weight is 384 g/mol. The zero-order chi connectivity index (χ0) is 19.2. The minimum absolute atomic E-state index is 0.0168. The molecule has 1 amide bonds. The van der Waals surface area contributed by atoms with Crippen molar-refractivity contribution in [3.8, 4) is 11.4 Å². The van der Waals surface area contributed by atoms with Crippen molar-refractivity contribution in [3.63, 3.8) is 0 Å². The maximum Gasteiger partial charge on any atom is 0.233 e. The number of hydrogen-bond donors (Lipinski definition) is 1. The summed E-state index contributed by atoms with van der Waals surface area (Å²) in [6.45, 7) is 2.67. The van der Waals surface area contributed by atoms with E-state index in [0.717, 1.165) is 12.0 Å². The van der Waals surface area contributed by atoms with E-state index >= 15 is 0 Å². The Balaban J connectivity index is 1.55. The molecule has 0 aliphatic rings. The van der Waals surface area contributed by atoms with Gasteiger partial charge >= 0.3 is 0 Å². The van der Waals surface area contributed by atoms with Crippen molar-refractivity contribution in [2.75, 3.05) is 12.8 Å². The van der Waals surface area contributed by atoms with E-state index in [0.29, 0.717) is 23.1 Å². The number of H-pyrrole nitrogens is 1. The Kier molecular flexibility index (Phi) is 6.24. The van der Waals surface area contributed by atoms with Crippen LogP contribution in [0, 0.1) is 5.82 Å². The second kappa shape index (κ2) is 8.81. The van der Waals surface area contributed by atoms with Gasteiger partial charge in [-0.2, -0.15) is 0 Å². The highest BCUT2D eigenvalue weighted by molar-refractivity contribution is 7.99. The van der Waals surface area contributed by atoms with Gasteiger partial charge in [0.15, 0.2) is 5.82 Å². The number of thioether (sulfide) groups is 1.